The Labute approximate surface area is 129 Å². The van der Waals surface area contributed by atoms with E-state index >= 15 is 0 Å². The highest BCUT2D eigenvalue weighted by molar-refractivity contribution is 5.27. The van der Waals surface area contributed by atoms with Crippen LogP contribution in [0.3, 0.4) is 0 Å². The van der Waals surface area contributed by atoms with Crippen LogP contribution in [-0.2, 0) is 11.1 Å². The van der Waals surface area contributed by atoms with Crippen LogP contribution in [0.5, 0.6) is 5.75 Å². The van der Waals surface area contributed by atoms with Crippen LogP contribution in [0.2, 0.25) is 0 Å². The molecule has 0 bridgehead atoms. The lowest BCUT2D eigenvalue weighted by atomic mass is 10.1. The molecule has 0 saturated heterocycles. The van der Waals surface area contributed by atoms with Crippen molar-refractivity contribution < 1.29 is 28.3 Å². The zero-order valence-electron chi connectivity index (χ0n) is 20.6. The first kappa shape index (κ1) is 6.57. The Balaban J connectivity index is 2.66. The van der Waals surface area contributed by atoms with Gasteiger partial charge in [-0.1, -0.05) is 25.8 Å². The number of aryl methyl sites for hydroxylation is 1. The quantitative estimate of drug-likeness (QED) is 0.720. The van der Waals surface area contributed by atoms with Crippen molar-refractivity contribution in [3.63, 3.8) is 0 Å². The van der Waals surface area contributed by atoms with Crippen LogP contribution in [-0.4, -0.2) is 44.1 Å². The number of aliphatic hydroxyl groups is 1. The zero-order valence-corrected chi connectivity index (χ0v) is 10.6. The maximum atomic E-state index is 9.93. The summed E-state index contributed by atoms with van der Waals surface area (Å²) >= 11 is 0. The summed E-state index contributed by atoms with van der Waals surface area (Å²) in [6, 6.07) is 3.60. The highest BCUT2D eigenvalue weighted by Crippen LogP contribution is 2.12. The minimum Gasteiger partial charge on any atom is -0.491 e. The number of ether oxygens (including phenoxy) is 2. The van der Waals surface area contributed by atoms with E-state index in [0.29, 0.717) is 0 Å². The van der Waals surface area contributed by atoms with Crippen molar-refractivity contribution in [3.8, 4) is 5.75 Å². The topological polar surface area (TPSA) is 50.7 Å². The van der Waals surface area contributed by atoms with Crippen molar-refractivity contribution in [3.05, 3.63) is 29.8 Å². The molecule has 0 aromatic heterocycles. The molecule has 1 atom stereocenters. The van der Waals surface area contributed by atoms with Crippen molar-refractivity contribution >= 4 is 0 Å². The Morgan fingerprint density at radius 1 is 1.37 bits per heavy atom. The molecule has 1 aromatic carbocycles. The van der Waals surface area contributed by atoms with E-state index in [1.807, 2.05) is 0 Å². The summed E-state index contributed by atoms with van der Waals surface area (Å²) in [5.74, 6) is 0.254. The van der Waals surface area contributed by atoms with E-state index in [1.54, 1.807) is 0 Å². The SMILES string of the molecule is [2H]C([2H])([2H])C(NCC(O)COc1ccc(C([2H])([2H])C([2H])([2H])OC)cc1)C([2H])([2H])[2H]. The van der Waals surface area contributed by atoms with Crippen LogP contribution >= 0.6 is 0 Å². The van der Waals surface area contributed by atoms with Gasteiger partial charge in [0.2, 0.25) is 0 Å². The average molecular weight is 277 g/mol. The Bertz CT molecular complexity index is 631. The molecule has 0 aliphatic rings. The molecule has 4 heteroatoms. The predicted molar refractivity (Wildman–Crippen MR) is 76.7 cm³/mol. The summed E-state index contributed by atoms with van der Waals surface area (Å²) in [7, 11) is 1.06. The van der Waals surface area contributed by atoms with Crippen LogP contribution in [0.1, 0.15) is 33.0 Å². The van der Waals surface area contributed by atoms with Crippen molar-refractivity contribution in [1.29, 1.82) is 0 Å². The minimum atomic E-state index is -2.77. The molecule has 1 rings (SSSR count). The van der Waals surface area contributed by atoms with Gasteiger partial charge in [-0.2, -0.15) is 0 Å². The molecule has 19 heavy (non-hydrogen) atoms. The Morgan fingerprint density at radius 2 is 2.11 bits per heavy atom. The fourth-order valence-corrected chi connectivity index (χ4v) is 1.25. The van der Waals surface area contributed by atoms with Crippen molar-refractivity contribution in [1.82, 2.24) is 5.32 Å². The third-order valence-corrected chi connectivity index (χ3v) is 2.15. The molecule has 0 aliphatic heterocycles. The van der Waals surface area contributed by atoms with Crippen molar-refractivity contribution in [2.45, 2.75) is 32.2 Å². The summed E-state index contributed by atoms with van der Waals surface area (Å²) in [6.45, 7) is -8.68. The lowest BCUT2D eigenvalue weighted by Gasteiger charge is -2.15. The Hall–Kier alpha value is -1.10. The Kier molecular flexibility index (Phi) is 3.08. The summed E-state index contributed by atoms with van der Waals surface area (Å²) in [4.78, 5) is 0. The second-order valence-electron chi connectivity index (χ2n) is 3.76. The molecule has 0 fully saturated rings. The van der Waals surface area contributed by atoms with E-state index in [1.165, 1.54) is 24.3 Å². The van der Waals surface area contributed by atoms with Gasteiger partial charge in [0.1, 0.15) is 18.5 Å². The van der Waals surface area contributed by atoms with Gasteiger partial charge in [-0.05, 0) is 24.1 Å². The summed E-state index contributed by atoms with van der Waals surface area (Å²) in [5, 5.41) is 12.3. The van der Waals surface area contributed by atoms with Gasteiger partial charge in [-0.3, -0.25) is 0 Å². The number of benzene rings is 1. The highest BCUT2D eigenvalue weighted by atomic mass is 16.5. The van der Waals surface area contributed by atoms with Gasteiger partial charge in [0, 0.05) is 30.7 Å². The molecule has 4 nitrogen and oxygen atoms in total. The number of nitrogens with one attached hydrogen (secondary N) is 1. The second-order valence-corrected chi connectivity index (χ2v) is 3.76. The van der Waals surface area contributed by atoms with Gasteiger partial charge in [-0.15, -0.1) is 0 Å². The van der Waals surface area contributed by atoms with E-state index in [-0.39, 0.29) is 24.5 Å². The van der Waals surface area contributed by atoms with E-state index in [9.17, 15) is 5.11 Å². The maximum absolute atomic E-state index is 9.93. The van der Waals surface area contributed by atoms with Crippen molar-refractivity contribution in [2.75, 3.05) is 26.8 Å². The number of rotatable bonds is 9. The molecule has 108 valence electrons. The fraction of sp³-hybridized carbons (Fsp3) is 0.600. The number of hydrogen-bond donors (Lipinski definition) is 2. The first-order valence-electron chi connectivity index (χ1n) is 10.7. The van der Waals surface area contributed by atoms with Crippen LogP contribution in [0.15, 0.2) is 24.3 Å². The van der Waals surface area contributed by atoms with E-state index in [2.05, 4.69) is 10.1 Å². The van der Waals surface area contributed by atoms with Gasteiger partial charge in [-0.25, -0.2) is 0 Å². The molecule has 0 radical (unpaired) electrons. The second kappa shape index (κ2) is 8.91. The van der Waals surface area contributed by atoms with Gasteiger partial charge in [0.05, 0.1) is 9.30 Å². The molecule has 0 amide bonds. The number of aliphatic hydroxyl groups excluding tert-OH is 1. The molecule has 0 heterocycles. The van der Waals surface area contributed by atoms with Crippen LogP contribution < -0.4 is 10.1 Å². The zero-order chi connectivity index (χ0) is 22.7. The predicted octanol–water partition coefficient (Wildman–Crippen LogP) is 1.61. The van der Waals surface area contributed by atoms with Crippen LogP contribution in [0.4, 0.5) is 0 Å². The van der Waals surface area contributed by atoms with E-state index in [0.717, 1.165) is 7.11 Å². The molecule has 0 saturated carbocycles. The molecule has 2 N–H and O–H groups in total. The van der Waals surface area contributed by atoms with Crippen molar-refractivity contribution in [2.24, 2.45) is 0 Å². The van der Waals surface area contributed by atoms with E-state index in [4.69, 9.17) is 18.4 Å². The largest absolute Gasteiger partial charge is 0.491 e. The maximum Gasteiger partial charge on any atom is 0.119 e. The summed E-state index contributed by atoms with van der Waals surface area (Å²) in [6.07, 6.45) is -3.61. The monoisotopic (exact) mass is 277 g/mol. The van der Waals surface area contributed by atoms with Gasteiger partial charge in [0.15, 0.2) is 0 Å². The normalized spacial score (nSPS) is 23.3. The molecular weight excluding hydrogens is 242 g/mol. The molecule has 0 spiro atoms. The highest BCUT2D eigenvalue weighted by Gasteiger charge is 2.05. The molecular formula is C15H25NO3. The summed E-state index contributed by atoms with van der Waals surface area (Å²) < 4.78 is 84.6. The first-order valence-corrected chi connectivity index (χ1v) is 5.72. The smallest absolute Gasteiger partial charge is 0.119 e. The molecule has 1 aromatic rings. The van der Waals surface area contributed by atoms with Gasteiger partial charge >= 0.3 is 0 Å². The molecule has 0 aliphatic carbocycles. The first-order chi connectivity index (χ1) is 13.0. The van der Waals surface area contributed by atoms with Gasteiger partial charge in [0.25, 0.3) is 0 Å². The summed E-state index contributed by atoms with van der Waals surface area (Å²) in [5.41, 5.74) is 0.0251. The van der Waals surface area contributed by atoms with Gasteiger partial charge < -0.3 is 19.9 Å². The molecule has 1 unspecified atom stereocenters. The number of hydrogen-bond acceptors (Lipinski definition) is 4. The lowest BCUT2D eigenvalue weighted by molar-refractivity contribution is 0.104. The van der Waals surface area contributed by atoms with E-state index < -0.39 is 38.8 Å². The lowest BCUT2D eigenvalue weighted by Crippen LogP contribution is -2.35. The third kappa shape index (κ3) is 7.15. The Morgan fingerprint density at radius 3 is 2.74 bits per heavy atom. The average Bonchev–Trinajstić information content (AvgIpc) is 2.57. The fourth-order valence-electron chi connectivity index (χ4n) is 1.25. The van der Waals surface area contributed by atoms with Crippen LogP contribution in [0.25, 0.3) is 0 Å². The third-order valence-electron chi connectivity index (χ3n) is 2.15. The minimum absolute atomic E-state index is 0.0251. The standard InChI is InChI=1S/C15H25NO3/c1-12(2)16-10-14(17)11-19-15-6-4-13(5-7-15)8-9-18-3/h4-7,12,14,16-17H,8-11H2,1-3H3/i1D3,2D3,8D2,9D2. The van der Waals surface area contributed by atoms with Crippen LogP contribution in [0, 0.1) is 0 Å². The number of methoxy groups -OCH3 is 1.